The molecular formula is C45H40IrN6O-2. The summed E-state index contributed by atoms with van der Waals surface area (Å²) in [5, 5.41) is 2.17. The fourth-order valence-corrected chi connectivity index (χ4v) is 6.92. The molecule has 0 aliphatic carbocycles. The van der Waals surface area contributed by atoms with Gasteiger partial charge in [-0.3, -0.25) is 10.4 Å². The van der Waals surface area contributed by atoms with Crippen LogP contribution in [-0.4, -0.2) is 14.5 Å². The molecular weight excluding hydrogens is 833 g/mol. The molecule has 0 saturated carbocycles. The summed E-state index contributed by atoms with van der Waals surface area (Å²) >= 11 is 0. The Labute approximate surface area is 323 Å². The maximum Gasteiger partial charge on any atom is 0.154 e. The second-order valence-corrected chi connectivity index (χ2v) is 13.5. The van der Waals surface area contributed by atoms with Crippen LogP contribution in [0.1, 0.15) is 56.4 Å². The van der Waals surface area contributed by atoms with Crippen molar-refractivity contribution in [3.63, 3.8) is 0 Å². The third-order valence-corrected chi connectivity index (χ3v) is 9.48. The molecule has 0 spiro atoms. The first-order chi connectivity index (χ1) is 25.5. The molecule has 0 amide bonds. The minimum Gasteiger partial charge on any atom is -0.501 e. The number of pyridine rings is 1. The van der Waals surface area contributed by atoms with E-state index in [1.165, 1.54) is 27.9 Å². The van der Waals surface area contributed by atoms with E-state index in [2.05, 4.69) is 114 Å². The van der Waals surface area contributed by atoms with E-state index >= 15 is 0 Å². The molecule has 0 fully saturated rings. The summed E-state index contributed by atoms with van der Waals surface area (Å²) in [6.45, 7) is 9.62. The first-order valence-corrected chi connectivity index (χ1v) is 17.8. The molecule has 1 aliphatic rings. The van der Waals surface area contributed by atoms with E-state index in [4.69, 9.17) is 9.40 Å². The predicted octanol–water partition coefficient (Wildman–Crippen LogP) is 10.6. The van der Waals surface area contributed by atoms with E-state index in [-0.39, 0.29) is 20.1 Å². The number of furan rings is 1. The fraction of sp³-hybridized carbons (Fsp3) is 0.156. The molecule has 4 heterocycles. The molecule has 0 atom stereocenters. The number of nitrogens with one attached hydrogen (secondary N) is 3. The zero-order valence-electron chi connectivity index (χ0n) is 30.1. The Kier molecular flexibility index (Phi) is 10.7. The average molecular weight is 873 g/mol. The summed E-state index contributed by atoms with van der Waals surface area (Å²) in [4.78, 5) is 9.48. The van der Waals surface area contributed by atoms with Crippen molar-refractivity contribution in [2.45, 2.75) is 46.1 Å². The van der Waals surface area contributed by atoms with Gasteiger partial charge in [-0.05, 0) is 51.9 Å². The first-order valence-electron chi connectivity index (χ1n) is 17.8. The standard InChI is InChI=1S/C28H28N5O.C17H12N.Ir/c1-16(2)18-10-7-11-19(17(3)4)25(18)33-23-15-29-32-31-27(23)30-28(33)22-13-8-12-21-20-9-5-6-14-24(20)34-26(21)22;1-3-7-14(8-4-1)16-11-12-18-17(13-16)15-9-5-2-6-10-15;/h5-12,14,16-17,29,31-32H,15H2,1-4H3;1-9,11-13H;/q2*-1;. The Hall–Kier alpha value is -5.37. The van der Waals surface area contributed by atoms with Crippen LogP contribution in [-0.2, 0) is 26.7 Å². The van der Waals surface area contributed by atoms with Gasteiger partial charge in [0.15, 0.2) is 5.82 Å². The van der Waals surface area contributed by atoms with Gasteiger partial charge in [0.2, 0.25) is 0 Å². The van der Waals surface area contributed by atoms with Gasteiger partial charge in [0.1, 0.15) is 5.58 Å². The molecule has 0 saturated heterocycles. The van der Waals surface area contributed by atoms with Gasteiger partial charge in [0.05, 0.1) is 23.6 Å². The minimum absolute atomic E-state index is 0. The van der Waals surface area contributed by atoms with Gasteiger partial charge >= 0.3 is 0 Å². The normalized spacial score (nSPS) is 12.3. The van der Waals surface area contributed by atoms with Crippen molar-refractivity contribution < 1.29 is 24.5 Å². The number of hydrogen-bond donors (Lipinski definition) is 3. The van der Waals surface area contributed by atoms with Crippen LogP contribution < -0.4 is 16.4 Å². The van der Waals surface area contributed by atoms with Gasteiger partial charge in [-0.1, -0.05) is 111 Å². The summed E-state index contributed by atoms with van der Waals surface area (Å²) < 4.78 is 8.68. The van der Waals surface area contributed by atoms with Crippen LogP contribution in [0.3, 0.4) is 0 Å². The van der Waals surface area contributed by atoms with E-state index < -0.39 is 0 Å². The van der Waals surface area contributed by atoms with Crippen molar-refractivity contribution in [2.75, 3.05) is 5.43 Å². The maximum absolute atomic E-state index is 6.38. The quantitative estimate of drug-likeness (QED) is 0.145. The van der Waals surface area contributed by atoms with Crippen LogP contribution >= 0.6 is 0 Å². The minimum atomic E-state index is 0. The van der Waals surface area contributed by atoms with E-state index in [1.807, 2.05) is 79.0 Å². The summed E-state index contributed by atoms with van der Waals surface area (Å²) in [6.07, 6.45) is 1.85. The van der Waals surface area contributed by atoms with E-state index in [1.54, 1.807) is 0 Å². The number of anilines is 1. The van der Waals surface area contributed by atoms with Gasteiger partial charge in [-0.25, -0.2) is 5.43 Å². The van der Waals surface area contributed by atoms with Crippen LogP contribution in [0.5, 0.6) is 0 Å². The maximum atomic E-state index is 6.38. The molecule has 8 aromatic rings. The third kappa shape index (κ3) is 7.07. The number of rotatable bonds is 6. The first kappa shape index (κ1) is 36.0. The zero-order chi connectivity index (χ0) is 35.6. The number of hydrogen-bond acceptors (Lipinski definition) is 6. The molecule has 1 aliphatic heterocycles. The number of aromatic nitrogens is 3. The molecule has 7 nitrogen and oxygen atoms in total. The number of para-hydroxylation sites is 2. The van der Waals surface area contributed by atoms with Crippen molar-refractivity contribution in [3.05, 3.63) is 156 Å². The van der Waals surface area contributed by atoms with Gasteiger partial charge in [-0.15, -0.1) is 54.1 Å². The number of fused-ring (bicyclic) bond motifs is 4. The Balaban J connectivity index is 0.000000194. The molecule has 5 aromatic carbocycles. The molecule has 8 heteroatoms. The van der Waals surface area contributed by atoms with Crippen LogP contribution in [0.25, 0.3) is 61.4 Å². The van der Waals surface area contributed by atoms with Crippen LogP contribution in [0.2, 0.25) is 0 Å². The third-order valence-electron chi connectivity index (χ3n) is 9.48. The number of nitrogens with zero attached hydrogens (tertiary/aromatic N) is 3. The van der Waals surface area contributed by atoms with Gasteiger partial charge in [0.25, 0.3) is 0 Å². The summed E-state index contributed by atoms with van der Waals surface area (Å²) in [7, 11) is 0. The Morgan fingerprint density at radius 1 is 0.736 bits per heavy atom. The largest absolute Gasteiger partial charge is 0.501 e. The van der Waals surface area contributed by atoms with Crippen molar-refractivity contribution >= 4 is 27.8 Å². The summed E-state index contributed by atoms with van der Waals surface area (Å²) in [5.74, 6) is 2.34. The van der Waals surface area contributed by atoms with Gasteiger partial charge in [-0.2, -0.15) is 5.53 Å². The smallest absolute Gasteiger partial charge is 0.154 e. The molecule has 53 heavy (non-hydrogen) atoms. The monoisotopic (exact) mass is 873 g/mol. The van der Waals surface area contributed by atoms with E-state index in [9.17, 15) is 0 Å². The summed E-state index contributed by atoms with van der Waals surface area (Å²) in [6, 6.07) is 47.8. The molecule has 9 rings (SSSR count). The van der Waals surface area contributed by atoms with Crippen LogP contribution in [0.4, 0.5) is 5.82 Å². The van der Waals surface area contributed by atoms with Gasteiger partial charge < -0.3 is 14.0 Å². The van der Waals surface area contributed by atoms with E-state index in [0.717, 1.165) is 56.1 Å². The molecule has 3 N–H and O–H groups in total. The molecule has 1 radical (unpaired) electrons. The molecule has 0 unspecified atom stereocenters. The number of imidazole rings is 1. The molecule has 267 valence electrons. The second kappa shape index (κ2) is 15.7. The Morgan fingerprint density at radius 2 is 1.49 bits per heavy atom. The van der Waals surface area contributed by atoms with Crippen LogP contribution in [0, 0.1) is 12.1 Å². The summed E-state index contributed by atoms with van der Waals surface area (Å²) in [5.41, 5.74) is 21.2. The van der Waals surface area contributed by atoms with E-state index in [0.29, 0.717) is 18.4 Å². The number of benzene rings is 5. The molecule has 0 bridgehead atoms. The zero-order valence-corrected chi connectivity index (χ0v) is 32.5. The van der Waals surface area contributed by atoms with Gasteiger partial charge in [0, 0.05) is 37.4 Å². The van der Waals surface area contributed by atoms with Crippen molar-refractivity contribution in [1.82, 2.24) is 25.5 Å². The Morgan fingerprint density at radius 3 is 2.25 bits per heavy atom. The Bertz CT molecular complexity index is 2410. The van der Waals surface area contributed by atoms with Crippen molar-refractivity contribution in [1.29, 1.82) is 0 Å². The average Bonchev–Trinajstić information content (AvgIpc) is 3.77. The fourth-order valence-electron chi connectivity index (χ4n) is 6.92. The van der Waals surface area contributed by atoms with Crippen molar-refractivity contribution in [2.24, 2.45) is 0 Å². The van der Waals surface area contributed by atoms with Crippen molar-refractivity contribution in [3.8, 4) is 39.5 Å². The second-order valence-electron chi connectivity index (χ2n) is 13.5. The predicted molar refractivity (Wildman–Crippen MR) is 211 cm³/mol. The molecule has 3 aromatic heterocycles. The van der Waals surface area contributed by atoms with Crippen LogP contribution in [0.15, 0.2) is 132 Å². The number of hydrazine groups is 2. The topological polar surface area (TPSA) is 79.9 Å². The SMILES string of the molecule is CC(C)c1cccc(C(C)C)c1-n1c(-c2[c-]ccc3c2oc2ccccc23)nc2c1CNNN2.[Ir].[c-]1ccccc1-c1cc(-c2ccccc2)ccn1.